The number of fused-ring (bicyclic) bond motifs is 1. The van der Waals surface area contributed by atoms with Gasteiger partial charge in [0.25, 0.3) is 0 Å². The average Bonchev–Trinajstić information content (AvgIpc) is 2.35. The van der Waals surface area contributed by atoms with Crippen LogP contribution >= 0.6 is 0 Å². The van der Waals surface area contributed by atoms with E-state index in [0.29, 0.717) is 13.0 Å². The van der Waals surface area contributed by atoms with Crippen LogP contribution in [0.1, 0.15) is 17.9 Å². The van der Waals surface area contributed by atoms with Crippen LogP contribution in [0.25, 0.3) is 10.8 Å². The normalized spacial score (nSPS) is 12.2. The Balaban J connectivity index is 2.55. The molecular formula is C15H15N. The van der Waals surface area contributed by atoms with Gasteiger partial charge in [-0.3, -0.25) is 0 Å². The molecule has 0 heterocycles. The van der Waals surface area contributed by atoms with Gasteiger partial charge in [-0.25, -0.2) is 0 Å². The van der Waals surface area contributed by atoms with Gasteiger partial charge in [-0.1, -0.05) is 42.5 Å². The van der Waals surface area contributed by atoms with E-state index < -0.39 is 0 Å². The molecule has 16 heavy (non-hydrogen) atoms. The molecule has 2 aromatic carbocycles. The Morgan fingerprint density at radius 1 is 1.12 bits per heavy atom. The van der Waals surface area contributed by atoms with Crippen molar-refractivity contribution in [2.75, 3.05) is 6.54 Å². The number of nitrogens with two attached hydrogens (primary N) is 1. The highest BCUT2D eigenvalue weighted by atomic mass is 14.5. The lowest BCUT2D eigenvalue weighted by Gasteiger charge is -2.14. The van der Waals surface area contributed by atoms with Crippen LogP contribution in [0.4, 0.5) is 0 Å². The van der Waals surface area contributed by atoms with Crippen molar-refractivity contribution in [1.29, 1.82) is 0 Å². The van der Waals surface area contributed by atoms with Gasteiger partial charge < -0.3 is 5.73 Å². The molecule has 2 rings (SSSR count). The van der Waals surface area contributed by atoms with Crippen molar-refractivity contribution in [3.8, 4) is 12.3 Å². The molecule has 0 aromatic heterocycles. The summed E-state index contributed by atoms with van der Waals surface area (Å²) in [6.07, 6.45) is 6.08. The third-order valence-corrected chi connectivity index (χ3v) is 2.91. The third kappa shape index (κ3) is 1.93. The van der Waals surface area contributed by atoms with Crippen LogP contribution in [0.2, 0.25) is 0 Å². The number of hydrogen-bond donors (Lipinski definition) is 1. The van der Waals surface area contributed by atoms with E-state index in [4.69, 9.17) is 12.2 Å². The minimum absolute atomic E-state index is 0.260. The summed E-state index contributed by atoms with van der Waals surface area (Å²) in [4.78, 5) is 0. The zero-order valence-corrected chi connectivity index (χ0v) is 9.19. The van der Waals surface area contributed by atoms with Crippen molar-refractivity contribution in [1.82, 2.24) is 0 Å². The number of hydrogen-bond acceptors (Lipinski definition) is 1. The maximum atomic E-state index is 5.79. The first-order valence-corrected chi connectivity index (χ1v) is 5.48. The van der Waals surface area contributed by atoms with Crippen molar-refractivity contribution in [3.05, 3.63) is 48.0 Å². The van der Waals surface area contributed by atoms with E-state index >= 15 is 0 Å². The Morgan fingerprint density at radius 2 is 1.88 bits per heavy atom. The van der Waals surface area contributed by atoms with E-state index in [1.165, 1.54) is 16.3 Å². The maximum absolute atomic E-state index is 5.79. The molecule has 0 aliphatic carbocycles. The minimum atomic E-state index is 0.260. The lowest BCUT2D eigenvalue weighted by Crippen LogP contribution is -2.12. The highest BCUT2D eigenvalue weighted by molar-refractivity contribution is 5.86. The zero-order chi connectivity index (χ0) is 11.4. The smallest absolute Gasteiger partial charge is 0.0167 e. The highest BCUT2D eigenvalue weighted by Gasteiger charge is 2.10. The molecule has 0 saturated carbocycles. The number of terminal acetylenes is 1. The molecule has 0 aliphatic rings. The summed E-state index contributed by atoms with van der Waals surface area (Å²) >= 11 is 0. The Kier molecular flexibility index (Phi) is 3.24. The van der Waals surface area contributed by atoms with E-state index in [9.17, 15) is 0 Å². The summed E-state index contributed by atoms with van der Waals surface area (Å²) in [5.74, 6) is 2.96. The third-order valence-electron chi connectivity index (χ3n) is 2.91. The van der Waals surface area contributed by atoms with Gasteiger partial charge in [0.15, 0.2) is 0 Å². The molecule has 1 heteroatoms. The lowest BCUT2D eigenvalue weighted by molar-refractivity contribution is 0.727. The van der Waals surface area contributed by atoms with E-state index in [0.717, 1.165) is 0 Å². The average molecular weight is 209 g/mol. The van der Waals surface area contributed by atoms with E-state index in [1.54, 1.807) is 0 Å². The van der Waals surface area contributed by atoms with Crippen LogP contribution in [0.5, 0.6) is 0 Å². The number of benzene rings is 2. The summed E-state index contributed by atoms with van der Waals surface area (Å²) in [6.45, 7) is 0.595. The van der Waals surface area contributed by atoms with Crippen LogP contribution in [0.3, 0.4) is 0 Å². The van der Waals surface area contributed by atoms with Gasteiger partial charge in [0, 0.05) is 18.9 Å². The van der Waals surface area contributed by atoms with Gasteiger partial charge in [0.1, 0.15) is 0 Å². The number of rotatable bonds is 3. The fourth-order valence-electron chi connectivity index (χ4n) is 2.07. The molecule has 2 aromatic rings. The largest absolute Gasteiger partial charge is 0.330 e. The molecule has 1 nitrogen and oxygen atoms in total. The highest BCUT2D eigenvalue weighted by Crippen LogP contribution is 2.26. The first-order valence-electron chi connectivity index (χ1n) is 5.48. The molecule has 1 unspecified atom stereocenters. The zero-order valence-electron chi connectivity index (χ0n) is 9.19. The van der Waals surface area contributed by atoms with Gasteiger partial charge in [-0.05, 0) is 16.3 Å². The summed E-state index contributed by atoms with van der Waals surface area (Å²) in [5.41, 5.74) is 7.05. The van der Waals surface area contributed by atoms with Crippen molar-refractivity contribution < 1.29 is 0 Å². The second-order valence-corrected chi connectivity index (χ2v) is 3.91. The molecule has 0 bridgehead atoms. The van der Waals surface area contributed by atoms with Crippen molar-refractivity contribution in [2.45, 2.75) is 12.3 Å². The van der Waals surface area contributed by atoms with E-state index in [1.807, 2.05) is 6.07 Å². The van der Waals surface area contributed by atoms with Crippen LogP contribution in [-0.4, -0.2) is 6.54 Å². The molecule has 0 amide bonds. The van der Waals surface area contributed by atoms with E-state index in [-0.39, 0.29) is 5.92 Å². The van der Waals surface area contributed by atoms with Gasteiger partial charge in [0.05, 0.1) is 0 Å². The minimum Gasteiger partial charge on any atom is -0.330 e. The van der Waals surface area contributed by atoms with Gasteiger partial charge >= 0.3 is 0 Å². The summed E-state index contributed by atoms with van der Waals surface area (Å²) < 4.78 is 0. The Hall–Kier alpha value is -1.78. The van der Waals surface area contributed by atoms with Crippen LogP contribution in [-0.2, 0) is 0 Å². The van der Waals surface area contributed by atoms with Gasteiger partial charge in [-0.15, -0.1) is 12.3 Å². The van der Waals surface area contributed by atoms with Gasteiger partial charge in [0.2, 0.25) is 0 Å². The molecule has 0 fully saturated rings. The van der Waals surface area contributed by atoms with Crippen molar-refractivity contribution in [2.24, 2.45) is 5.73 Å². The predicted molar refractivity (Wildman–Crippen MR) is 69.2 cm³/mol. The molecule has 80 valence electrons. The van der Waals surface area contributed by atoms with Crippen LogP contribution < -0.4 is 5.73 Å². The second-order valence-electron chi connectivity index (χ2n) is 3.91. The maximum Gasteiger partial charge on any atom is 0.0167 e. The fraction of sp³-hybridized carbons (Fsp3) is 0.200. The standard InChI is InChI=1S/C15H15N/c1-2-6-13(11-16)15-10-5-8-12-7-3-4-9-14(12)15/h1,3-5,7-10,13H,6,11,16H2. The molecule has 0 aliphatic heterocycles. The SMILES string of the molecule is C#CCC(CN)c1cccc2ccccc12. The predicted octanol–water partition coefficient (Wildman–Crippen LogP) is 2.91. The first kappa shape index (κ1) is 10.7. The summed E-state index contributed by atoms with van der Waals surface area (Å²) in [5, 5.41) is 2.51. The monoisotopic (exact) mass is 209 g/mol. The Bertz CT molecular complexity index is 517. The second kappa shape index (κ2) is 4.83. The van der Waals surface area contributed by atoms with Crippen molar-refractivity contribution >= 4 is 10.8 Å². The summed E-state index contributed by atoms with van der Waals surface area (Å²) in [6, 6.07) is 14.6. The Labute approximate surface area is 96.3 Å². The molecule has 2 N–H and O–H groups in total. The first-order chi connectivity index (χ1) is 7.86. The fourth-order valence-corrected chi connectivity index (χ4v) is 2.07. The molecule has 0 spiro atoms. The Morgan fingerprint density at radius 3 is 2.62 bits per heavy atom. The van der Waals surface area contributed by atoms with E-state index in [2.05, 4.69) is 42.3 Å². The molecule has 1 atom stereocenters. The molecule has 0 saturated heterocycles. The molecular weight excluding hydrogens is 194 g/mol. The van der Waals surface area contributed by atoms with Crippen molar-refractivity contribution in [3.63, 3.8) is 0 Å². The lowest BCUT2D eigenvalue weighted by atomic mass is 9.91. The topological polar surface area (TPSA) is 26.0 Å². The summed E-state index contributed by atoms with van der Waals surface area (Å²) in [7, 11) is 0. The quantitative estimate of drug-likeness (QED) is 0.773. The van der Waals surface area contributed by atoms with Crippen LogP contribution in [0, 0.1) is 12.3 Å². The van der Waals surface area contributed by atoms with Crippen LogP contribution in [0.15, 0.2) is 42.5 Å². The van der Waals surface area contributed by atoms with Gasteiger partial charge in [-0.2, -0.15) is 0 Å². The molecule has 0 radical (unpaired) electrons.